The third-order valence-corrected chi connectivity index (χ3v) is 5.57. The first-order valence-electron chi connectivity index (χ1n) is 10.5. The number of nitrogens with one attached hydrogen (secondary N) is 2. The van der Waals surface area contributed by atoms with Gasteiger partial charge in [0, 0.05) is 29.8 Å². The molecule has 0 spiro atoms. The molecule has 4 aromatic rings. The molecule has 0 aliphatic carbocycles. The second kappa shape index (κ2) is 8.82. The van der Waals surface area contributed by atoms with Gasteiger partial charge in [-0.3, -0.25) is 14.9 Å². The summed E-state index contributed by atoms with van der Waals surface area (Å²) in [6, 6.07) is 8.60. The monoisotopic (exact) mass is 483 g/mol. The number of anilines is 1. The van der Waals surface area contributed by atoms with Gasteiger partial charge in [0.25, 0.3) is 5.69 Å². The Balaban J connectivity index is 1.82. The highest BCUT2D eigenvalue weighted by Gasteiger charge is 2.33. The van der Waals surface area contributed by atoms with Crippen LogP contribution < -0.4 is 10.9 Å². The number of hydrogen-bond acceptors (Lipinski definition) is 6. The summed E-state index contributed by atoms with van der Waals surface area (Å²) in [4.78, 5) is 33.6. The predicted octanol–water partition coefficient (Wildman–Crippen LogP) is 5.70. The van der Waals surface area contributed by atoms with E-state index in [1.54, 1.807) is 19.9 Å². The minimum Gasteiger partial charge on any atom is -0.363 e. The van der Waals surface area contributed by atoms with Crippen molar-refractivity contribution < 1.29 is 18.1 Å². The number of nitrogens with zero attached hydrogens (tertiary/aromatic N) is 3. The van der Waals surface area contributed by atoms with Crippen molar-refractivity contribution in [1.29, 1.82) is 0 Å². The van der Waals surface area contributed by atoms with Gasteiger partial charge >= 0.3 is 6.18 Å². The number of hydrogen-bond donors (Lipinski definition) is 2. The van der Waals surface area contributed by atoms with E-state index in [0.717, 1.165) is 23.3 Å². The number of alkyl halides is 3. The number of fused-ring (bicyclic) bond motifs is 1. The average Bonchev–Trinajstić information content (AvgIpc) is 2.77. The minimum absolute atomic E-state index is 0.0814. The molecule has 1 atom stereocenters. The number of aromatic amines is 1. The highest BCUT2D eigenvalue weighted by molar-refractivity contribution is 5.94. The molecule has 8 nitrogen and oxygen atoms in total. The molecule has 2 heterocycles. The molecular weight excluding hydrogens is 463 g/mol. The molecule has 0 fully saturated rings. The topological polar surface area (TPSA) is 114 Å². The molecule has 0 amide bonds. The average molecular weight is 483 g/mol. The number of non-ortho nitro benzene ring substituents is 1. The summed E-state index contributed by atoms with van der Waals surface area (Å²) in [5.74, 6) is 0.789. The maximum atomic E-state index is 13.3. The molecule has 0 bridgehead atoms. The van der Waals surface area contributed by atoms with Crippen molar-refractivity contribution in [2.45, 2.75) is 33.0 Å². The van der Waals surface area contributed by atoms with E-state index in [9.17, 15) is 28.1 Å². The van der Waals surface area contributed by atoms with Crippen LogP contribution in [0.5, 0.6) is 0 Å². The number of nitro groups is 1. The second-order valence-corrected chi connectivity index (χ2v) is 8.18. The van der Waals surface area contributed by atoms with Crippen LogP contribution in [0.4, 0.5) is 24.7 Å². The highest BCUT2D eigenvalue weighted by atomic mass is 19.4. The van der Waals surface area contributed by atoms with Crippen molar-refractivity contribution in [3.63, 3.8) is 0 Å². The first-order valence-corrected chi connectivity index (χ1v) is 10.5. The first kappa shape index (κ1) is 23.9. The first-order chi connectivity index (χ1) is 16.4. The minimum atomic E-state index is -4.74. The van der Waals surface area contributed by atoms with Gasteiger partial charge < -0.3 is 10.3 Å². The van der Waals surface area contributed by atoms with Gasteiger partial charge in [-0.25, -0.2) is 9.97 Å². The number of rotatable bonds is 5. The van der Waals surface area contributed by atoms with Crippen LogP contribution in [0.2, 0.25) is 0 Å². The Morgan fingerprint density at radius 1 is 1.09 bits per heavy atom. The van der Waals surface area contributed by atoms with Gasteiger partial charge in [-0.2, -0.15) is 13.2 Å². The summed E-state index contributed by atoms with van der Waals surface area (Å²) in [6.45, 7) is 5.16. The summed E-state index contributed by atoms with van der Waals surface area (Å²) in [5.41, 5.74) is 0.980. The van der Waals surface area contributed by atoms with Gasteiger partial charge in [-0.1, -0.05) is 0 Å². The van der Waals surface area contributed by atoms with E-state index in [0.29, 0.717) is 34.2 Å². The number of aryl methyl sites for hydroxylation is 2. The molecule has 2 aromatic heterocycles. The van der Waals surface area contributed by atoms with Crippen molar-refractivity contribution in [3.8, 4) is 11.1 Å². The fraction of sp³-hybridized carbons (Fsp3) is 0.208. The standard InChI is InChI=1S/C24H20F3N5O3/c1-12-6-21-20(11-19(12)15-4-5-28-22(33)9-15)23(31-14(3)30-21)29-13(2)16-7-17(24(25,26)27)10-18(8-16)32(34)35/h4-11,13H,1-3H3,(H,28,33)(H,29,30,31)/t13-/m1/s1. The summed E-state index contributed by atoms with van der Waals surface area (Å²) in [6.07, 6.45) is -3.20. The Morgan fingerprint density at radius 3 is 2.49 bits per heavy atom. The van der Waals surface area contributed by atoms with E-state index in [1.807, 2.05) is 19.1 Å². The smallest absolute Gasteiger partial charge is 0.363 e. The van der Waals surface area contributed by atoms with Crippen LogP contribution in [-0.2, 0) is 6.18 Å². The molecule has 2 aromatic carbocycles. The molecule has 180 valence electrons. The number of nitro benzene ring substituents is 1. The zero-order valence-electron chi connectivity index (χ0n) is 18.9. The van der Waals surface area contributed by atoms with E-state index < -0.39 is 28.4 Å². The molecule has 0 saturated carbocycles. The Morgan fingerprint density at radius 2 is 1.83 bits per heavy atom. The summed E-state index contributed by atoms with van der Waals surface area (Å²) < 4.78 is 40.0. The van der Waals surface area contributed by atoms with Crippen LogP contribution in [-0.4, -0.2) is 19.9 Å². The highest BCUT2D eigenvalue weighted by Crippen LogP contribution is 2.36. The molecule has 0 aliphatic rings. The number of benzene rings is 2. The third-order valence-electron chi connectivity index (χ3n) is 5.57. The molecule has 0 radical (unpaired) electrons. The van der Waals surface area contributed by atoms with E-state index in [2.05, 4.69) is 20.3 Å². The zero-order chi connectivity index (χ0) is 25.5. The molecule has 11 heteroatoms. The second-order valence-electron chi connectivity index (χ2n) is 8.18. The molecule has 4 rings (SSSR count). The predicted molar refractivity (Wildman–Crippen MR) is 125 cm³/mol. The lowest BCUT2D eigenvalue weighted by Crippen LogP contribution is -2.13. The lowest BCUT2D eigenvalue weighted by Gasteiger charge is -2.19. The van der Waals surface area contributed by atoms with Gasteiger partial charge in [-0.05, 0) is 67.3 Å². The van der Waals surface area contributed by atoms with Gasteiger partial charge in [0.15, 0.2) is 0 Å². The van der Waals surface area contributed by atoms with E-state index in [1.165, 1.54) is 12.3 Å². The number of halogens is 3. The van der Waals surface area contributed by atoms with Crippen molar-refractivity contribution in [1.82, 2.24) is 15.0 Å². The lowest BCUT2D eigenvalue weighted by atomic mass is 9.98. The SMILES string of the molecule is Cc1nc(N[C@H](C)c2cc([N+](=O)[O-])cc(C(F)(F)F)c2)c2cc(-c3cc[nH]c(=O)c3)c(C)cc2n1. The van der Waals surface area contributed by atoms with Gasteiger partial charge in [0.1, 0.15) is 11.6 Å². The number of pyridine rings is 1. The molecule has 2 N–H and O–H groups in total. The Labute approximate surface area is 197 Å². The third kappa shape index (κ3) is 4.98. The Kier molecular flexibility index (Phi) is 6.01. The largest absolute Gasteiger partial charge is 0.416 e. The van der Waals surface area contributed by atoms with Gasteiger partial charge in [0.2, 0.25) is 5.56 Å². The lowest BCUT2D eigenvalue weighted by molar-refractivity contribution is -0.385. The maximum absolute atomic E-state index is 13.3. The fourth-order valence-corrected chi connectivity index (χ4v) is 3.87. The van der Waals surface area contributed by atoms with Crippen LogP contribution in [0, 0.1) is 24.0 Å². The van der Waals surface area contributed by atoms with Crippen LogP contribution >= 0.6 is 0 Å². The Bertz CT molecular complexity index is 1520. The van der Waals surface area contributed by atoms with Crippen molar-refractivity contribution >= 4 is 22.4 Å². The van der Waals surface area contributed by atoms with Crippen molar-refractivity contribution in [3.05, 3.63) is 91.6 Å². The van der Waals surface area contributed by atoms with Crippen LogP contribution in [0.15, 0.2) is 53.5 Å². The van der Waals surface area contributed by atoms with Crippen LogP contribution in [0.25, 0.3) is 22.0 Å². The molecule has 0 saturated heterocycles. The van der Waals surface area contributed by atoms with Crippen molar-refractivity contribution in [2.75, 3.05) is 5.32 Å². The molecular formula is C24H20F3N5O3. The summed E-state index contributed by atoms with van der Waals surface area (Å²) in [5, 5.41) is 14.9. The molecule has 35 heavy (non-hydrogen) atoms. The van der Waals surface area contributed by atoms with E-state index in [-0.39, 0.29) is 11.1 Å². The van der Waals surface area contributed by atoms with Gasteiger partial charge in [-0.15, -0.1) is 0 Å². The van der Waals surface area contributed by atoms with Crippen LogP contribution in [0.3, 0.4) is 0 Å². The zero-order valence-corrected chi connectivity index (χ0v) is 18.9. The van der Waals surface area contributed by atoms with Gasteiger partial charge in [0.05, 0.1) is 22.0 Å². The fourth-order valence-electron chi connectivity index (χ4n) is 3.87. The summed E-state index contributed by atoms with van der Waals surface area (Å²) >= 11 is 0. The Hall–Kier alpha value is -4.28. The number of H-pyrrole nitrogens is 1. The molecule has 0 unspecified atom stereocenters. The number of aromatic nitrogens is 3. The molecule has 0 aliphatic heterocycles. The summed E-state index contributed by atoms with van der Waals surface area (Å²) in [7, 11) is 0. The van der Waals surface area contributed by atoms with E-state index in [4.69, 9.17) is 0 Å². The van der Waals surface area contributed by atoms with Crippen LogP contribution in [0.1, 0.15) is 35.5 Å². The maximum Gasteiger partial charge on any atom is 0.416 e. The normalized spacial score (nSPS) is 12.5. The van der Waals surface area contributed by atoms with Crippen molar-refractivity contribution in [2.24, 2.45) is 0 Å². The quantitative estimate of drug-likeness (QED) is 0.278. The van der Waals surface area contributed by atoms with E-state index >= 15 is 0 Å².